The summed E-state index contributed by atoms with van der Waals surface area (Å²) in [7, 11) is -3.94. The Balaban J connectivity index is 1.52. The van der Waals surface area contributed by atoms with Gasteiger partial charge in [-0.25, -0.2) is 13.1 Å². The average Bonchev–Trinajstić information content (AvgIpc) is 2.71. The quantitative estimate of drug-likeness (QED) is 0.330. The zero-order chi connectivity index (χ0) is 22.7. The van der Waals surface area contributed by atoms with Gasteiger partial charge in [-0.2, -0.15) is 0 Å². The van der Waals surface area contributed by atoms with Crippen LogP contribution in [0.25, 0.3) is 0 Å². The summed E-state index contributed by atoms with van der Waals surface area (Å²) in [5, 5.41) is 10.9. The van der Waals surface area contributed by atoms with Crippen molar-refractivity contribution in [2.45, 2.75) is 52.8 Å². The Morgan fingerprint density at radius 2 is 1.72 bits per heavy atom. The van der Waals surface area contributed by atoms with Crippen molar-refractivity contribution in [3.63, 3.8) is 0 Å². The third kappa shape index (κ3) is 3.83. The number of halogens is 2. The van der Waals surface area contributed by atoms with Gasteiger partial charge in [-0.05, 0) is 61.6 Å². The first-order valence-corrected chi connectivity index (χ1v) is 13.0. The number of nitrogens with one attached hydrogen (secondary N) is 1. The second-order valence-corrected chi connectivity index (χ2v) is 12.9. The molecule has 0 radical (unpaired) electrons. The Kier molecular flexibility index (Phi) is 5.32. The first-order valence-electron chi connectivity index (χ1n) is 10.8. The molecule has 4 saturated carbocycles. The lowest BCUT2D eigenvalue weighted by molar-refractivity contribution is -0.384. The van der Waals surface area contributed by atoms with Crippen LogP contribution in [0.5, 0.6) is 0 Å². The van der Waals surface area contributed by atoms with Crippen molar-refractivity contribution in [1.82, 2.24) is 4.72 Å². The van der Waals surface area contributed by atoms with Crippen LogP contribution in [-0.4, -0.2) is 23.1 Å². The maximum atomic E-state index is 13.3. The van der Waals surface area contributed by atoms with E-state index in [1.165, 1.54) is 24.3 Å². The molecule has 4 fully saturated rings. The third-order valence-corrected chi connectivity index (χ3v) is 9.86. The lowest BCUT2D eigenvalue weighted by Crippen LogP contribution is -2.62. The summed E-state index contributed by atoms with van der Waals surface area (Å²) in [6, 6.07) is 13.9. The van der Waals surface area contributed by atoms with Gasteiger partial charge < -0.3 is 0 Å². The van der Waals surface area contributed by atoms with E-state index in [-0.39, 0.29) is 27.3 Å². The number of rotatable bonds is 6. The topological polar surface area (TPSA) is 89.3 Å². The molecule has 0 unspecified atom stereocenters. The number of nitrogens with zero attached hydrogens (tertiary/aromatic N) is 1. The first kappa shape index (κ1) is 22.1. The Labute approximate surface area is 197 Å². The maximum Gasteiger partial charge on any atom is 0.269 e. The molecule has 6 nitrogen and oxygen atoms in total. The highest BCUT2D eigenvalue weighted by Crippen LogP contribution is 2.66. The van der Waals surface area contributed by atoms with Crippen LogP contribution >= 0.6 is 23.2 Å². The van der Waals surface area contributed by atoms with Gasteiger partial charge in [-0.15, -0.1) is 23.2 Å². The Hall–Kier alpha value is -1.67. The molecule has 1 N–H and O–H groups in total. The predicted octanol–water partition coefficient (Wildman–Crippen LogP) is 5.41. The van der Waals surface area contributed by atoms with Crippen LogP contribution in [0.3, 0.4) is 0 Å². The van der Waals surface area contributed by atoms with Gasteiger partial charge in [-0.1, -0.05) is 30.3 Å². The fourth-order valence-corrected chi connectivity index (χ4v) is 9.30. The molecule has 4 aliphatic rings. The van der Waals surface area contributed by atoms with Gasteiger partial charge in [-0.3, -0.25) is 10.1 Å². The fourth-order valence-electron chi connectivity index (χ4n) is 6.56. The Morgan fingerprint density at radius 1 is 1.03 bits per heavy atom. The van der Waals surface area contributed by atoms with Crippen molar-refractivity contribution in [2.24, 2.45) is 17.8 Å². The van der Waals surface area contributed by atoms with Crippen LogP contribution in [0.2, 0.25) is 0 Å². The van der Waals surface area contributed by atoms with E-state index in [0.717, 1.165) is 31.2 Å². The molecular formula is C23H24Cl2N2O4S. The number of sulfonamides is 1. The summed E-state index contributed by atoms with van der Waals surface area (Å²) in [5.74, 6) is 0.621. The standard InChI is InChI=1S/C23H24Cl2N2O4S/c24-22-11-15-10-17(13-22)20(23(25,12-15)14-22)21(16-4-2-1-3-5-16)26-32(30,31)19-8-6-18(7-9-19)27(28)29/h1-9,15,17,20-21,26H,10-14H2/t15-,17+,20-,21+,22+,23+/m1/s1. The van der Waals surface area contributed by atoms with E-state index in [4.69, 9.17) is 23.2 Å². The number of benzene rings is 2. The largest absolute Gasteiger partial charge is 0.269 e. The monoisotopic (exact) mass is 494 g/mol. The Morgan fingerprint density at radius 3 is 2.31 bits per heavy atom. The van der Waals surface area contributed by atoms with Crippen molar-refractivity contribution >= 4 is 38.9 Å². The summed E-state index contributed by atoms with van der Waals surface area (Å²) in [6.07, 6.45) is 4.34. The highest BCUT2D eigenvalue weighted by molar-refractivity contribution is 7.89. The number of hydrogen-bond acceptors (Lipinski definition) is 4. The second-order valence-electron chi connectivity index (χ2n) is 9.62. The van der Waals surface area contributed by atoms with Crippen molar-refractivity contribution < 1.29 is 13.3 Å². The number of nitro groups is 1. The predicted molar refractivity (Wildman–Crippen MR) is 123 cm³/mol. The fraction of sp³-hybridized carbons (Fsp3) is 0.478. The smallest absolute Gasteiger partial charge is 0.258 e. The molecule has 2 aromatic rings. The van der Waals surface area contributed by atoms with E-state index >= 15 is 0 Å². The van der Waals surface area contributed by atoms with Gasteiger partial charge in [0.1, 0.15) is 0 Å². The summed E-state index contributed by atoms with van der Waals surface area (Å²) in [4.78, 5) is 9.53. The minimum atomic E-state index is -3.94. The van der Waals surface area contributed by atoms with Crippen LogP contribution in [0.15, 0.2) is 59.5 Å². The summed E-state index contributed by atoms with van der Waals surface area (Å²) in [6.45, 7) is 0. The van der Waals surface area contributed by atoms with Crippen molar-refractivity contribution in [1.29, 1.82) is 0 Å². The van der Waals surface area contributed by atoms with Crippen LogP contribution < -0.4 is 4.72 Å². The number of non-ortho nitro benzene ring substituents is 1. The molecule has 9 heteroatoms. The summed E-state index contributed by atoms with van der Waals surface area (Å²) in [5.41, 5.74) is 0.704. The number of alkyl halides is 2. The van der Waals surface area contributed by atoms with Crippen molar-refractivity contribution in [3.8, 4) is 0 Å². The van der Waals surface area contributed by atoms with Gasteiger partial charge in [0.05, 0.1) is 20.7 Å². The lowest BCUT2D eigenvalue weighted by atomic mass is 9.49. The molecule has 0 heterocycles. The minimum Gasteiger partial charge on any atom is -0.258 e. The van der Waals surface area contributed by atoms with E-state index in [1.807, 2.05) is 30.3 Å². The molecule has 0 saturated heterocycles. The molecule has 0 amide bonds. The van der Waals surface area contributed by atoms with E-state index < -0.39 is 25.9 Å². The van der Waals surface area contributed by atoms with E-state index in [0.29, 0.717) is 12.3 Å². The van der Waals surface area contributed by atoms with Gasteiger partial charge in [0, 0.05) is 22.9 Å². The molecule has 6 rings (SSSR count). The van der Waals surface area contributed by atoms with Crippen LogP contribution in [0, 0.1) is 27.9 Å². The molecule has 0 spiro atoms. The highest BCUT2D eigenvalue weighted by Gasteiger charge is 2.63. The molecular weight excluding hydrogens is 471 g/mol. The van der Waals surface area contributed by atoms with E-state index in [2.05, 4.69) is 4.72 Å². The zero-order valence-corrected chi connectivity index (χ0v) is 19.6. The molecule has 4 bridgehead atoms. The maximum absolute atomic E-state index is 13.3. The molecule has 170 valence electrons. The lowest BCUT2D eigenvalue weighted by Gasteiger charge is -2.63. The molecule has 2 aromatic carbocycles. The number of nitro benzene ring substituents is 1. The summed E-state index contributed by atoms with van der Waals surface area (Å²) >= 11 is 14.2. The SMILES string of the molecule is O=[N+]([O-])c1ccc(S(=O)(=O)N[C@@H](c2ccccc2)[C@H]2[C@H]3C[C@@H]4C[C@](Cl)(C3)C[C@@]2(Cl)C4)cc1. The third-order valence-electron chi connectivity index (χ3n) is 7.42. The van der Waals surface area contributed by atoms with Gasteiger partial charge in [0.2, 0.25) is 10.0 Å². The van der Waals surface area contributed by atoms with Crippen molar-refractivity contribution in [3.05, 3.63) is 70.3 Å². The molecule has 0 aliphatic heterocycles. The molecule has 4 aliphatic carbocycles. The normalized spacial score (nSPS) is 34.4. The molecule has 32 heavy (non-hydrogen) atoms. The minimum absolute atomic E-state index is 0.00900. The summed E-state index contributed by atoms with van der Waals surface area (Å²) < 4.78 is 29.6. The van der Waals surface area contributed by atoms with Gasteiger partial charge in [0.15, 0.2) is 0 Å². The first-order chi connectivity index (χ1) is 15.1. The zero-order valence-electron chi connectivity index (χ0n) is 17.3. The van der Waals surface area contributed by atoms with Crippen LogP contribution in [-0.2, 0) is 10.0 Å². The number of hydrogen-bond donors (Lipinski definition) is 1. The Bertz CT molecular complexity index is 1140. The highest BCUT2D eigenvalue weighted by atomic mass is 35.5. The van der Waals surface area contributed by atoms with Gasteiger partial charge in [0.25, 0.3) is 5.69 Å². The second kappa shape index (κ2) is 7.69. The molecule has 0 aromatic heterocycles. The van der Waals surface area contributed by atoms with E-state index in [1.54, 1.807) is 0 Å². The average molecular weight is 495 g/mol. The van der Waals surface area contributed by atoms with Crippen LogP contribution in [0.1, 0.15) is 43.7 Å². The van der Waals surface area contributed by atoms with Gasteiger partial charge >= 0.3 is 0 Å². The van der Waals surface area contributed by atoms with Crippen LogP contribution in [0.4, 0.5) is 5.69 Å². The van der Waals surface area contributed by atoms with Crippen molar-refractivity contribution in [2.75, 3.05) is 0 Å². The molecule has 6 atom stereocenters. The van der Waals surface area contributed by atoms with E-state index in [9.17, 15) is 18.5 Å².